The summed E-state index contributed by atoms with van der Waals surface area (Å²) < 4.78 is 0. The lowest BCUT2D eigenvalue weighted by molar-refractivity contribution is 0.0424. The van der Waals surface area contributed by atoms with Crippen LogP contribution in [0.4, 0.5) is 0 Å². The van der Waals surface area contributed by atoms with Gasteiger partial charge in [0.1, 0.15) is 11.9 Å². The van der Waals surface area contributed by atoms with Gasteiger partial charge in [-0.2, -0.15) is 0 Å². The largest absolute Gasteiger partial charge is 0.508 e. The van der Waals surface area contributed by atoms with Crippen LogP contribution in [0.1, 0.15) is 96.1 Å². The summed E-state index contributed by atoms with van der Waals surface area (Å²) in [5.41, 5.74) is 3.56. The molecule has 0 amide bonds. The van der Waals surface area contributed by atoms with E-state index in [0.717, 1.165) is 49.8 Å². The molecule has 0 bridgehead atoms. The van der Waals surface area contributed by atoms with Gasteiger partial charge < -0.3 is 9.94 Å². The van der Waals surface area contributed by atoms with Crippen LogP contribution in [-0.4, -0.2) is 16.9 Å². The van der Waals surface area contributed by atoms with Crippen LogP contribution in [0.3, 0.4) is 0 Å². The number of benzene rings is 1. The number of fused-ring (bicyclic) bond motifs is 1. The fraction of sp³-hybridized carbons (Fsp3) is 0.708. The second-order valence-electron chi connectivity index (χ2n) is 8.27. The molecule has 152 valence electrons. The molecule has 0 aliphatic heterocycles. The van der Waals surface area contributed by atoms with Crippen molar-refractivity contribution in [2.45, 2.75) is 104 Å². The van der Waals surface area contributed by atoms with Gasteiger partial charge in [-0.25, -0.2) is 0 Å². The van der Waals surface area contributed by atoms with Crippen molar-refractivity contribution < 1.29 is 9.94 Å². The van der Waals surface area contributed by atoms with Gasteiger partial charge in [0, 0.05) is 0 Å². The highest BCUT2D eigenvalue weighted by atomic mass is 16.6. The van der Waals surface area contributed by atoms with Crippen molar-refractivity contribution in [2.24, 2.45) is 11.1 Å². The molecule has 1 N–H and O–H groups in total. The quantitative estimate of drug-likeness (QED) is 0.248. The molecule has 0 spiro atoms. The second-order valence-corrected chi connectivity index (χ2v) is 8.27. The van der Waals surface area contributed by atoms with E-state index in [9.17, 15) is 5.11 Å². The van der Waals surface area contributed by atoms with Gasteiger partial charge in [0.05, 0.1) is 5.71 Å². The van der Waals surface area contributed by atoms with Gasteiger partial charge in [-0.1, -0.05) is 56.8 Å². The third-order valence-electron chi connectivity index (χ3n) is 5.76. The number of rotatable bonds is 12. The first kappa shape index (κ1) is 21.8. The van der Waals surface area contributed by atoms with E-state index in [1.54, 1.807) is 6.07 Å². The predicted molar refractivity (Wildman–Crippen MR) is 115 cm³/mol. The van der Waals surface area contributed by atoms with E-state index in [0.29, 0.717) is 11.7 Å². The average Bonchev–Trinajstić information content (AvgIpc) is 2.66. The second kappa shape index (κ2) is 12.0. The number of aromatic hydroxyl groups is 1. The third kappa shape index (κ3) is 7.56. The van der Waals surface area contributed by atoms with Crippen LogP contribution in [-0.2, 0) is 17.7 Å². The van der Waals surface area contributed by atoms with Crippen molar-refractivity contribution in [1.82, 2.24) is 0 Å². The summed E-state index contributed by atoms with van der Waals surface area (Å²) in [6, 6.07) is 5.91. The summed E-state index contributed by atoms with van der Waals surface area (Å²) in [6.07, 6.45) is 14.2. The molecule has 2 rings (SSSR count). The van der Waals surface area contributed by atoms with Crippen molar-refractivity contribution in [3.05, 3.63) is 29.3 Å². The highest BCUT2D eigenvalue weighted by molar-refractivity contribution is 5.81. The van der Waals surface area contributed by atoms with Crippen LogP contribution < -0.4 is 0 Å². The topological polar surface area (TPSA) is 41.8 Å². The first-order valence-corrected chi connectivity index (χ1v) is 11.1. The number of phenolic OH excluding ortho intramolecular Hbond substituents is 1. The standard InChI is InChI=1S/C24H39NO2/c1-4-6-8-12-22(13-9-7-5-2)27-25-19(3)17-20-15-16-23-21(18-20)11-10-14-24(23)26/h10-11,14,20,22,26H,4-9,12-13,15-18H2,1-3H3. The molecule has 0 heterocycles. The highest BCUT2D eigenvalue weighted by Crippen LogP contribution is 2.32. The first-order chi connectivity index (χ1) is 13.1. The van der Waals surface area contributed by atoms with Crippen molar-refractivity contribution in [2.75, 3.05) is 0 Å². The molecule has 3 nitrogen and oxygen atoms in total. The highest BCUT2D eigenvalue weighted by Gasteiger charge is 2.21. The zero-order valence-corrected chi connectivity index (χ0v) is 17.7. The zero-order valence-electron chi connectivity index (χ0n) is 17.7. The van der Waals surface area contributed by atoms with Crippen LogP contribution in [0.2, 0.25) is 0 Å². The molecular formula is C24H39NO2. The lowest BCUT2D eigenvalue weighted by Gasteiger charge is -2.25. The summed E-state index contributed by atoms with van der Waals surface area (Å²) >= 11 is 0. The fourth-order valence-electron chi connectivity index (χ4n) is 4.15. The third-order valence-corrected chi connectivity index (χ3v) is 5.76. The number of hydrogen-bond donors (Lipinski definition) is 1. The number of hydrogen-bond acceptors (Lipinski definition) is 3. The Labute approximate surface area is 166 Å². The molecule has 1 aromatic rings. The molecule has 3 heteroatoms. The smallest absolute Gasteiger partial charge is 0.127 e. The summed E-state index contributed by atoms with van der Waals surface area (Å²) in [5.74, 6) is 1.06. The monoisotopic (exact) mass is 373 g/mol. The van der Waals surface area contributed by atoms with E-state index >= 15 is 0 Å². The molecule has 1 atom stereocenters. The average molecular weight is 374 g/mol. The molecule has 1 unspecified atom stereocenters. The van der Waals surface area contributed by atoms with Crippen LogP contribution in [0.5, 0.6) is 5.75 Å². The molecule has 1 aromatic carbocycles. The minimum Gasteiger partial charge on any atom is -0.508 e. The Kier molecular flexibility index (Phi) is 9.72. The fourth-order valence-corrected chi connectivity index (χ4v) is 4.15. The summed E-state index contributed by atoms with van der Waals surface area (Å²) in [4.78, 5) is 5.98. The maximum Gasteiger partial charge on any atom is 0.127 e. The summed E-state index contributed by atoms with van der Waals surface area (Å²) in [6.45, 7) is 6.60. The normalized spacial score (nSPS) is 17.2. The minimum atomic E-state index is 0.280. The summed E-state index contributed by atoms with van der Waals surface area (Å²) in [5, 5.41) is 14.5. The minimum absolute atomic E-state index is 0.280. The Morgan fingerprint density at radius 3 is 2.52 bits per heavy atom. The van der Waals surface area contributed by atoms with E-state index in [1.807, 2.05) is 6.07 Å². The molecule has 27 heavy (non-hydrogen) atoms. The van der Waals surface area contributed by atoms with E-state index in [-0.39, 0.29) is 6.10 Å². The first-order valence-electron chi connectivity index (χ1n) is 11.1. The Hall–Kier alpha value is -1.51. The Morgan fingerprint density at radius 1 is 1.15 bits per heavy atom. The van der Waals surface area contributed by atoms with Crippen LogP contribution >= 0.6 is 0 Å². The predicted octanol–water partition coefficient (Wildman–Crippen LogP) is 6.81. The molecule has 0 saturated carbocycles. The van der Waals surface area contributed by atoms with E-state index in [4.69, 9.17) is 4.84 Å². The lowest BCUT2D eigenvalue weighted by Crippen LogP contribution is -2.17. The zero-order chi connectivity index (χ0) is 19.5. The molecule has 0 radical (unpaired) electrons. The Bertz CT molecular complexity index is 572. The van der Waals surface area contributed by atoms with Gasteiger partial charge in [0.2, 0.25) is 0 Å². The molecule has 1 aliphatic carbocycles. The van der Waals surface area contributed by atoms with Crippen molar-refractivity contribution in [1.29, 1.82) is 0 Å². The van der Waals surface area contributed by atoms with E-state index in [2.05, 4.69) is 32.0 Å². The molecule has 0 aromatic heterocycles. The van der Waals surface area contributed by atoms with Crippen molar-refractivity contribution in [3.8, 4) is 5.75 Å². The Balaban J connectivity index is 1.83. The van der Waals surface area contributed by atoms with Crippen molar-refractivity contribution in [3.63, 3.8) is 0 Å². The maximum atomic E-state index is 10.0. The number of phenols is 1. The number of unbranched alkanes of at least 4 members (excludes halogenated alkanes) is 4. The molecule has 1 aliphatic rings. The molecule has 0 fully saturated rings. The van der Waals surface area contributed by atoms with Gasteiger partial charge in [-0.05, 0) is 81.4 Å². The number of nitrogens with zero attached hydrogens (tertiary/aromatic N) is 1. The van der Waals surface area contributed by atoms with Crippen LogP contribution in [0.25, 0.3) is 0 Å². The van der Waals surface area contributed by atoms with E-state index in [1.165, 1.54) is 44.1 Å². The SMILES string of the molecule is CCCCCC(CCCCC)ON=C(C)CC1CCc2c(O)cccc2C1. The number of oxime groups is 1. The summed E-state index contributed by atoms with van der Waals surface area (Å²) in [7, 11) is 0. The Morgan fingerprint density at radius 2 is 1.85 bits per heavy atom. The maximum absolute atomic E-state index is 10.0. The van der Waals surface area contributed by atoms with Gasteiger partial charge in [0.15, 0.2) is 0 Å². The van der Waals surface area contributed by atoms with Gasteiger partial charge >= 0.3 is 0 Å². The van der Waals surface area contributed by atoms with Gasteiger partial charge in [0.25, 0.3) is 0 Å². The van der Waals surface area contributed by atoms with Gasteiger partial charge in [-0.15, -0.1) is 0 Å². The van der Waals surface area contributed by atoms with Gasteiger partial charge in [-0.3, -0.25) is 0 Å². The molecular weight excluding hydrogens is 334 g/mol. The van der Waals surface area contributed by atoms with Crippen LogP contribution in [0.15, 0.2) is 23.4 Å². The lowest BCUT2D eigenvalue weighted by atomic mass is 9.81. The molecule has 0 saturated heterocycles. The van der Waals surface area contributed by atoms with Crippen molar-refractivity contribution >= 4 is 5.71 Å². The van der Waals surface area contributed by atoms with E-state index < -0.39 is 0 Å². The van der Waals surface area contributed by atoms with Crippen LogP contribution in [0, 0.1) is 5.92 Å².